The molecule has 0 spiro atoms. The molecule has 1 aliphatic heterocycles. The van der Waals surface area contributed by atoms with Crippen molar-refractivity contribution in [3.05, 3.63) is 58.7 Å². The number of fused-ring (bicyclic) bond motifs is 1. The van der Waals surface area contributed by atoms with Gasteiger partial charge < -0.3 is 15.1 Å². The number of amides is 3. The van der Waals surface area contributed by atoms with Crippen LogP contribution in [0.4, 0.5) is 10.5 Å². The number of aryl methyl sites for hydroxylation is 1. The average molecular weight is 415 g/mol. The molecule has 1 N–H and O–H groups in total. The highest BCUT2D eigenvalue weighted by molar-refractivity contribution is 7.13. The summed E-state index contributed by atoms with van der Waals surface area (Å²) >= 11 is 7.45. The van der Waals surface area contributed by atoms with Crippen molar-refractivity contribution < 1.29 is 9.59 Å². The standard InChI is InChI=1S/C20H19ClN4O2S/c1-13-6-7-14(12-16(13)21)22-20(27)25-10-8-24(9-11-25)19(26)18-15-4-2-3-5-17(15)28-23-18/h2-7,12H,8-11H2,1H3,(H,22,27). The third-order valence-corrected chi connectivity index (χ3v) is 6.09. The highest BCUT2D eigenvalue weighted by Crippen LogP contribution is 2.24. The third-order valence-electron chi connectivity index (χ3n) is 4.86. The molecular weight excluding hydrogens is 396 g/mol. The van der Waals surface area contributed by atoms with Crippen molar-refractivity contribution in [2.45, 2.75) is 6.92 Å². The molecule has 0 aliphatic carbocycles. The van der Waals surface area contributed by atoms with E-state index in [1.54, 1.807) is 15.9 Å². The molecule has 8 heteroatoms. The number of carbonyl (C=O) groups is 2. The average Bonchev–Trinajstić information content (AvgIpc) is 3.14. The van der Waals surface area contributed by atoms with Gasteiger partial charge in [0.15, 0.2) is 0 Å². The van der Waals surface area contributed by atoms with Crippen LogP contribution < -0.4 is 5.32 Å². The number of nitrogens with one attached hydrogen (secondary N) is 1. The minimum absolute atomic E-state index is 0.0807. The van der Waals surface area contributed by atoms with E-state index in [0.717, 1.165) is 15.6 Å². The van der Waals surface area contributed by atoms with E-state index in [2.05, 4.69) is 9.69 Å². The Morgan fingerprint density at radius 3 is 2.54 bits per heavy atom. The number of urea groups is 1. The monoisotopic (exact) mass is 414 g/mol. The lowest BCUT2D eigenvalue weighted by molar-refractivity contribution is 0.0669. The molecule has 2 heterocycles. The van der Waals surface area contributed by atoms with Gasteiger partial charge in [-0.1, -0.05) is 35.9 Å². The molecule has 4 rings (SSSR count). The maximum atomic E-state index is 12.8. The molecule has 144 valence electrons. The zero-order valence-corrected chi connectivity index (χ0v) is 16.9. The summed E-state index contributed by atoms with van der Waals surface area (Å²) in [6.45, 7) is 3.81. The topological polar surface area (TPSA) is 65.5 Å². The van der Waals surface area contributed by atoms with Crippen LogP contribution in [0.15, 0.2) is 42.5 Å². The Kier molecular flexibility index (Phi) is 5.19. The summed E-state index contributed by atoms with van der Waals surface area (Å²) in [5.74, 6) is -0.0807. The largest absolute Gasteiger partial charge is 0.334 e. The van der Waals surface area contributed by atoms with Crippen LogP contribution in [0.5, 0.6) is 0 Å². The van der Waals surface area contributed by atoms with E-state index in [1.165, 1.54) is 11.5 Å². The summed E-state index contributed by atoms with van der Waals surface area (Å²) in [4.78, 5) is 28.8. The van der Waals surface area contributed by atoms with Crippen molar-refractivity contribution in [3.63, 3.8) is 0 Å². The van der Waals surface area contributed by atoms with Gasteiger partial charge in [-0.25, -0.2) is 4.79 Å². The molecule has 0 radical (unpaired) electrons. The molecule has 2 aromatic carbocycles. The maximum absolute atomic E-state index is 12.8. The van der Waals surface area contributed by atoms with Crippen molar-refractivity contribution in [2.24, 2.45) is 0 Å². The van der Waals surface area contributed by atoms with E-state index >= 15 is 0 Å². The number of rotatable bonds is 2. The van der Waals surface area contributed by atoms with Crippen LogP contribution in [0, 0.1) is 6.92 Å². The van der Waals surface area contributed by atoms with Crippen molar-refractivity contribution in [2.75, 3.05) is 31.5 Å². The Balaban J connectivity index is 1.38. The second kappa shape index (κ2) is 7.77. The van der Waals surface area contributed by atoms with Gasteiger partial charge in [0, 0.05) is 42.3 Å². The molecule has 1 aliphatic rings. The minimum Gasteiger partial charge on any atom is -0.334 e. The predicted molar refractivity (Wildman–Crippen MR) is 112 cm³/mol. The summed E-state index contributed by atoms with van der Waals surface area (Å²) < 4.78 is 5.34. The van der Waals surface area contributed by atoms with E-state index in [-0.39, 0.29) is 11.9 Å². The number of anilines is 1. The second-order valence-electron chi connectivity index (χ2n) is 6.70. The molecule has 1 fully saturated rings. The first-order valence-corrected chi connectivity index (χ1v) is 10.1. The van der Waals surface area contributed by atoms with Crippen LogP contribution in [0.1, 0.15) is 16.1 Å². The Hall–Kier alpha value is -2.64. The van der Waals surface area contributed by atoms with Gasteiger partial charge in [0.25, 0.3) is 5.91 Å². The van der Waals surface area contributed by atoms with Gasteiger partial charge in [0.05, 0.1) is 4.70 Å². The SMILES string of the molecule is Cc1ccc(NC(=O)N2CCN(C(=O)c3nsc4ccccc34)CC2)cc1Cl. The van der Waals surface area contributed by atoms with Crippen LogP contribution in [0.25, 0.3) is 10.1 Å². The maximum Gasteiger partial charge on any atom is 0.321 e. The van der Waals surface area contributed by atoms with E-state index < -0.39 is 0 Å². The Labute approximate surface area is 171 Å². The first-order valence-electron chi connectivity index (χ1n) is 8.99. The van der Waals surface area contributed by atoms with Gasteiger partial charge in [-0.3, -0.25) is 4.79 Å². The molecule has 1 saturated heterocycles. The number of carbonyl (C=O) groups excluding carboxylic acids is 2. The van der Waals surface area contributed by atoms with Crippen molar-refractivity contribution in [1.82, 2.24) is 14.2 Å². The smallest absolute Gasteiger partial charge is 0.321 e. The van der Waals surface area contributed by atoms with Gasteiger partial charge in [0.1, 0.15) is 5.69 Å². The number of hydrogen-bond donors (Lipinski definition) is 1. The number of hydrogen-bond acceptors (Lipinski definition) is 4. The highest BCUT2D eigenvalue weighted by atomic mass is 35.5. The normalized spacial score (nSPS) is 14.4. The number of halogens is 1. The molecule has 0 saturated carbocycles. The van der Waals surface area contributed by atoms with Gasteiger partial charge in [-0.2, -0.15) is 4.37 Å². The second-order valence-corrected chi connectivity index (χ2v) is 7.91. The lowest BCUT2D eigenvalue weighted by Gasteiger charge is -2.34. The fourth-order valence-electron chi connectivity index (χ4n) is 3.18. The van der Waals surface area contributed by atoms with Gasteiger partial charge in [0.2, 0.25) is 0 Å². The van der Waals surface area contributed by atoms with E-state index in [4.69, 9.17) is 11.6 Å². The molecule has 6 nitrogen and oxygen atoms in total. The lowest BCUT2D eigenvalue weighted by Crippen LogP contribution is -2.51. The number of nitrogens with zero attached hydrogens (tertiary/aromatic N) is 3. The summed E-state index contributed by atoms with van der Waals surface area (Å²) in [5.41, 5.74) is 2.11. The van der Waals surface area contributed by atoms with Gasteiger partial charge >= 0.3 is 6.03 Å². The van der Waals surface area contributed by atoms with Gasteiger partial charge in [-0.05, 0) is 42.2 Å². The number of benzene rings is 2. The summed E-state index contributed by atoms with van der Waals surface area (Å²) in [5, 5.41) is 4.36. The molecule has 3 amide bonds. The van der Waals surface area contributed by atoms with Crippen molar-refractivity contribution >= 4 is 50.8 Å². The van der Waals surface area contributed by atoms with Crippen LogP contribution in [0.3, 0.4) is 0 Å². The lowest BCUT2D eigenvalue weighted by atomic mass is 10.2. The van der Waals surface area contributed by atoms with E-state index in [9.17, 15) is 9.59 Å². The summed E-state index contributed by atoms with van der Waals surface area (Å²) in [6.07, 6.45) is 0. The predicted octanol–water partition coefficient (Wildman–Crippen LogP) is 4.25. The molecular formula is C20H19ClN4O2S. The van der Waals surface area contributed by atoms with Crippen LogP contribution in [-0.4, -0.2) is 52.3 Å². The van der Waals surface area contributed by atoms with Crippen LogP contribution >= 0.6 is 23.1 Å². The fourth-order valence-corrected chi connectivity index (χ4v) is 4.12. The highest BCUT2D eigenvalue weighted by Gasteiger charge is 2.27. The molecule has 0 bridgehead atoms. The van der Waals surface area contributed by atoms with Crippen LogP contribution in [-0.2, 0) is 0 Å². The zero-order chi connectivity index (χ0) is 19.7. The fraction of sp³-hybridized carbons (Fsp3) is 0.250. The Morgan fingerprint density at radius 2 is 1.79 bits per heavy atom. The van der Waals surface area contributed by atoms with E-state index in [1.807, 2.05) is 43.3 Å². The van der Waals surface area contributed by atoms with Crippen LogP contribution in [0.2, 0.25) is 5.02 Å². The number of piperazine rings is 1. The Bertz CT molecular complexity index is 1040. The molecule has 0 atom stereocenters. The first kappa shape index (κ1) is 18.7. The van der Waals surface area contributed by atoms with E-state index in [0.29, 0.717) is 42.6 Å². The Morgan fingerprint density at radius 1 is 1.07 bits per heavy atom. The zero-order valence-electron chi connectivity index (χ0n) is 15.3. The third kappa shape index (κ3) is 3.68. The quantitative estimate of drug-likeness (QED) is 0.681. The number of aromatic nitrogens is 1. The summed E-state index contributed by atoms with van der Waals surface area (Å²) in [6, 6.07) is 13.0. The molecule has 0 unspecified atom stereocenters. The molecule has 3 aromatic rings. The van der Waals surface area contributed by atoms with Crippen molar-refractivity contribution in [1.29, 1.82) is 0 Å². The molecule has 28 heavy (non-hydrogen) atoms. The summed E-state index contributed by atoms with van der Waals surface area (Å²) in [7, 11) is 0. The van der Waals surface area contributed by atoms with Crippen molar-refractivity contribution in [3.8, 4) is 0 Å². The first-order chi connectivity index (χ1) is 13.5. The minimum atomic E-state index is -0.189. The van der Waals surface area contributed by atoms with Gasteiger partial charge in [-0.15, -0.1) is 0 Å². The molecule has 1 aromatic heterocycles.